The molecule has 0 saturated carbocycles. The lowest BCUT2D eigenvalue weighted by molar-refractivity contribution is 0.0813. The summed E-state index contributed by atoms with van der Waals surface area (Å²) < 4.78 is 21.4. The predicted octanol–water partition coefficient (Wildman–Crippen LogP) is 2.28. The van der Waals surface area contributed by atoms with Gasteiger partial charge in [0, 0.05) is 12.7 Å². The summed E-state index contributed by atoms with van der Waals surface area (Å²) in [5.41, 5.74) is 0.452. The lowest BCUT2D eigenvalue weighted by Gasteiger charge is -2.10. The van der Waals surface area contributed by atoms with Gasteiger partial charge in [0.25, 0.3) is 0 Å². The van der Waals surface area contributed by atoms with E-state index in [1.54, 1.807) is 12.1 Å². The van der Waals surface area contributed by atoms with Gasteiger partial charge in [0.05, 0.1) is 12.2 Å². The van der Waals surface area contributed by atoms with Crippen LogP contribution in [0.4, 0.5) is 0 Å². The average Bonchev–Trinajstić information content (AvgIpc) is 2.83. The number of benzene rings is 1. The van der Waals surface area contributed by atoms with Crippen molar-refractivity contribution in [1.82, 2.24) is 0 Å². The minimum absolute atomic E-state index is 0.175. The molecule has 0 amide bonds. The number of rotatable bonds is 7. The van der Waals surface area contributed by atoms with Crippen LogP contribution in [0, 0.1) is 5.92 Å². The summed E-state index contributed by atoms with van der Waals surface area (Å²) in [5.74, 6) is 2.16. The van der Waals surface area contributed by atoms with Gasteiger partial charge in [-0.1, -0.05) is 13.8 Å². The maximum absolute atomic E-state index is 11.0. The fourth-order valence-electron chi connectivity index (χ4n) is 1.69. The Morgan fingerprint density at radius 3 is 2.68 bits per heavy atom. The highest BCUT2D eigenvalue weighted by Gasteiger charge is 2.17. The molecule has 2 rings (SSSR count). The monoisotopic (exact) mass is 266 g/mol. The molecule has 0 fully saturated rings. The zero-order valence-corrected chi connectivity index (χ0v) is 11.2. The molecule has 5 nitrogen and oxygen atoms in total. The third-order valence-corrected chi connectivity index (χ3v) is 2.57. The Bertz CT molecular complexity index is 442. The van der Waals surface area contributed by atoms with Gasteiger partial charge in [-0.2, -0.15) is 0 Å². The van der Waals surface area contributed by atoms with Gasteiger partial charge in [-0.25, -0.2) is 0 Å². The summed E-state index contributed by atoms with van der Waals surface area (Å²) in [6.07, 6.45) is 0.742. The van der Waals surface area contributed by atoms with E-state index in [1.165, 1.54) is 0 Å². The normalized spacial score (nSPS) is 12.8. The number of carbonyl (C=O) groups is 1. The van der Waals surface area contributed by atoms with Crippen molar-refractivity contribution in [1.29, 1.82) is 0 Å². The van der Waals surface area contributed by atoms with Gasteiger partial charge in [0.1, 0.15) is 12.4 Å². The highest BCUT2D eigenvalue weighted by atomic mass is 16.7. The minimum Gasteiger partial charge on any atom is -0.490 e. The Hall–Kier alpha value is -1.75. The Labute approximate surface area is 112 Å². The van der Waals surface area contributed by atoms with E-state index in [9.17, 15) is 4.79 Å². The molecule has 0 N–H and O–H groups in total. The Kier molecular flexibility index (Phi) is 4.63. The van der Waals surface area contributed by atoms with E-state index in [2.05, 4.69) is 13.8 Å². The fraction of sp³-hybridized carbons (Fsp3) is 0.500. The lowest BCUT2D eigenvalue weighted by atomic mass is 10.2. The molecule has 0 aliphatic carbocycles. The molecule has 0 atom stereocenters. The first-order chi connectivity index (χ1) is 9.20. The van der Waals surface area contributed by atoms with Crippen LogP contribution in [0.15, 0.2) is 12.1 Å². The number of carbonyl (C=O) groups excluding carboxylic acids is 1. The molecule has 104 valence electrons. The molecule has 1 aromatic rings. The molecule has 0 saturated heterocycles. The van der Waals surface area contributed by atoms with Crippen molar-refractivity contribution in [2.75, 3.05) is 26.6 Å². The second-order valence-electron chi connectivity index (χ2n) is 4.68. The molecule has 0 aromatic heterocycles. The van der Waals surface area contributed by atoms with Gasteiger partial charge in [0.15, 0.2) is 17.8 Å². The van der Waals surface area contributed by atoms with Crippen LogP contribution in [0.3, 0.4) is 0 Å². The number of fused-ring (bicyclic) bond motifs is 1. The second kappa shape index (κ2) is 6.43. The van der Waals surface area contributed by atoms with Crippen molar-refractivity contribution < 1.29 is 23.7 Å². The molecule has 19 heavy (non-hydrogen) atoms. The summed E-state index contributed by atoms with van der Waals surface area (Å²) in [5, 5.41) is 0. The van der Waals surface area contributed by atoms with E-state index in [1.807, 2.05) is 0 Å². The minimum atomic E-state index is 0.175. The SMILES string of the molecule is CC(C)COCCOc1cc2c(cc1C=O)OCO2. The van der Waals surface area contributed by atoms with Crippen LogP contribution in [0.1, 0.15) is 24.2 Å². The topological polar surface area (TPSA) is 54.0 Å². The largest absolute Gasteiger partial charge is 0.490 e. The van der Waals surface area contributed by atoms with Crippen LogP contribution in [-0.4, -0.2) is 32.9 Å². The summed E-state index contributed by atoms with van der Waals surface area (Å²) in [4.78, 5) is 11.0. The smallest absolute Gasteiger partial charge is 0.231 e. The zero-order valence-electron chi connectivity index (χ0n) is 11.2. The summed E-state index contributed by atoms with van der Waals surface area (Å²) in [7, 11) is 0. The van der Waals surface area contributed by atoms with E-state index >= 15 is 0 Å². The van der Waals surface area contributed by atoms with E-state index in [-0.39, 0.29) is 6.79 Å². The van der Waals surface area contributed by atoms with Crippen molar-refractivity contribution >= 4 is 6.29 Å². The first-order valence-corrected chi connectivity index (χ1v) is 6.30. The van der Waals surface area contributed by atoms with Crippen molar-refractivity contribution in [2.24, 2.45) is 5.92 Å². The highest BCUT2D eigenvalue weighted by molar-refractivity contribution is 5.81. The fourth-order valence-corrected chi connectivity index (χ4v) is 1.69. The number of ether oxygens (including phenoxy) is 4. The highest BCUT2D eigenvalue weighted by Crippen LogP contribution is 2.37. The summed E-state index contributed by atoms with van der Waals surface area (Å²) in [6, 6.07) is 3.30. The summed E-state index contributed by atoms with van der Waals surface area (Å²) in [6.45, 7) is 5.93. The van der Waals surface area contributed by atoms with Gasteiger partial charge in [-0.15, -0.1) is 0 Å². The van der Waals surface area contributed by atoms with Gasteiger partial charge in [-0.05, 0) is 12.0 Å². The Morgan fingerprint density at radius 2 is 2.00 bits per heavy atom. The van der Waals surface area contributed by atoms with Crippen LogP contribution in [0.5, 0.6) is 17.2 Å². The molecule has 1 aliphatic rings. The molecule has 1 aromatic carbocycles. The molecule has 1 heterocycles. The molecule has 5 heteroatoms. The van der Waals surface area contributed by atoms with Crippen molar-refractivity contribution in [3.8, 4) is 17.2 Å². The Morgan fingerprint density at radius 1 is 1.26 bits per heavy atom. The van der Waals surface area contributed by atoms with Gasteiger partial charge in [-0.3, -0.25) is 4.79 Å². The lowest BCUT2D eigenvalue weighted by Crippen LogP contribution is -2.10. The van der Waals surface area contributed by atoms with E-state index in [4.69, 9.17) is 18.9 Å². The maximum atomic E-state index is 11.0. The average molecular weight is 266 g/mol. The van der Waals surface area contributed by atoms with Crippen molar-refractivity contribution in [2.45, 2.75) is 13.8 Å². The molecular weight excluding hydrogens is 248 g/mol. The molecule has 0 spiro atoms. The molecule has 1 aliphatic heterocycles. The Balaban J connectivity index is 1.90. The van der Waals surface area contributed by atoms with E-state index in [0.717, 1.165) is 6.29 Å². The first-order valence-electron chi connectivity index (χ1n) is 6.30. The van der Waals surface area contributed by atoms with Crippen LogP contribution < -0.4 is 14.2 Å². The third-order valence-electron chi connectivity index (χ3n) is 2.57. The number of hydrogen-bond donors (Lipinski definition) is 0. The molecule has 0 radical (unpaired) electrons. The summed E-state index contributed by atoms with van der Waals surface area (Å²) >= 11 is 0. The second-order valence-corrected chi connectivity index (χ2v) is 4.68. The van der Waals surface area contributed by atoms with Crippen LogP contribution in [-0.2, 0) is 4.74 Å². The first kappa shape index (κ1) is 13.7. The molecular formula is C14H18O5. The predicted molar refractivity (Wildman–Crippen MR) is 69.1 cm³/mol. The molecule has 0 bridgehead atoms. The van der Waals surface area contributed by atoms with Crippen molar-refractivity contribution in [3.63, 3.8) is 0 Å². The van der Waals surface area contributed by atoms with Gasteiger partial charge >= 0.3 is 0 Å². The number of hydrogen-bond acceptors (Lipinski definition) is 5. The van der Waals surface area contributed by atoms with Gasteiger partial charge in [0.2, 0.25) is 6.79 Å². The van der Waals surface area contributed by atoms with E-state index in [0.29, 0.717) is 48.6 Å². The van der Waals surface area contributed by atoms with Gasteiger partial charge < -0.3 is 18.9 Å². The third kappa shape index (κ3) is 3.61. The maximum Gasteiger partial charge on any atom is 0.231 e. The zero-order chi connectivity index (χ0) is 13.7. The number of aldehydes is 1. The van der Waals surface area contributed by atoms with Crippen molar-refractivity contribution in [3.05, 3.63) is 17.7 Å². The van der Waals surface area contributed by atoms with Crippen LogP contribution >= 0.6 is 0 Å². The van der Waals surface area contributed by atoms with E-state index < -0.39 is 0 Å². The quantitative estimate of drug-likeness (QED) is 0.560. The molecule has 0 unspecified atom stereocenters. The van der Waals surface area contributed by atoms with Crippen LogP contribution in [0.2, 0.25) is 0 Å². The van der Waals surface area contributed by atoms with Crippen LogP contribution in [0.25, 0.3) is 0 Å². The standard InChI is InChI=1S/C14H18O5/c1-10(2)8-16-3-4-17-12-6-14-13(18-9-19-14)5-11(12)7-15/h5-7,10H,3-4,8-9H2,1-2H3.